The van der Waals surface area contributed by atoms with Gasteiger partial charge in [0, 0.05) is 35.2 Å². The maximum Gasteiger partial charge on any atom is 0.136 e. The van der Waals surface area contributed by atoms with E-state index in [4.69, 9.17) is 27.9 Å². The molecule has 1 unspecified atom stereocenters. The lowest BCUT2D eigenvalue weighted by Gasteiger charge is -2.20. The number of halogens is 2. The van der Waals surface area contributed by atoms with Crippen LogP contribution >= 0.6 is 23.2 Å². The Balaban J connectivity index is 2.17. The zero-order valence-electron chi connectivity index (χ0n) is 14.8. The first-order valence-corrected chi connectivity index (χ1v) is 8.70. The van der Waals surface area contributed by atoms with Crippen LogP contribution in [-0.2, 0) is 16.8 Å². The SMILES string of the molecule is COCc1cc(NCC(O)c2cc(Cl)cc(Cl)c2)nc(C(C)(C)C)n1. The molecule has 2 rings (SSSR count). The molecule has 0 saturated carbocycles. The molecule has 0 aliphatic heterocycles. The van der Waals surface area contributed by atoms with Crippen molar-refractivity contribution in [3.63, 3.8) is 0 Å². The summed E-state index contributed by atoms with van der Waals surface area (Å²) in [5.74, 6) is 1.35. The molecule has 0 amide bonds. The molecule has 25 heavy (non-hydrogen) atoms. The van der Waals surface area contributed by atoms with Gasteiger partial charge in [-0.1, -0.05) is 44.0 Å². The van der Waals surface area contributed by atoms with Crippen LogP contribution in [0.2, 0.25) is 10.0 Å². The van der Waals surface area contributed by atoms with Crippen LogP contribution < -0.4 is 5.32 Å². The summed E-state index contributed by atoms with van der Waals surface area (Å²) < 4.78 is 5.18. The molecule has 1 heterocycles. The van der Waals surface area contributed by atoms with Crippen LogP contribution in [0.15, 0.2) is 24.3 Å². The molecule has 0 fully saturated rings. The maximum absolute atomic E-state index is 10.4. The third kappa shape index (κ3) is 5.82. The first-order valence-electron chi connectivity index (χ1n) is 7.94. The van der Waals surface area contributed by atoms with Crippen LogP contribution in [0.5, 0.6) is 0 Å². The van der Waals surface area contributed by atoms with Crippen LogP contribution in [0.25, 0.3) is 0 Å². The lowest BCUT2D eigenvalue weighted by molar-refractivity contribution is 0.181. The minimum atomic E-state index is -0.768. The summed E-state index contributed by atoms with van der Waals surface area (Å²) in [6.07, 6.45) is -0.768. The van der Waals surface area contributed by atoms with Gasteiger partial charge in [-0.2, -0.15) is 0 Å². The van der Waals surface area contributed by atoms with Crippen LogP contribution in [0.1, 0.15) is 44.0 Å². The Hall–Kier alpha value is -1.40. The Labute approximate surface area is 158 Å². The van der Waals surface area contributed by atoms with Gasteiger partial charge in [-0.05, 0) is 23.8 Å². The van der Waals surface area contributed by atoms with Crippen molar-refractivity contribution in [2.24, 2.45) is 0 Å². The molecule has 0 spiro atoms. The second kappa shape index (κ2) is 8.32. The van der Waals surface area contributed by atoms with Gasteiger partial charge >= 0.3 is 0 Å². The fourth-order valence-electron chi connectivity index (χ4n) is 2.23. The number of anilines is 1. The third-order valence-electron chi connectivity index (χ3n) is 3.49. The normalized spacial score (nSPS) is 12.9. The summed E-state index contributed by atoms with van der Waals surface area (Å²) in [5.41, 5.74) is 1.23. The van der Waals surface area contributed by atoms with Gasteiger partial charge in [0.2, 0.25) is 0 Å². The highest BCUT2D eigenvalue weighted by molar-refractivity contribution is 6.34. The predicted octanol–water partition coefficient (Wildman–Crippen LogP) is 4.37. The van der Waals surface area contributed by atoms with E-state index in [0.29, 0.717) is 33.9 Å². The number of rotatable bonds is 6. The smallest absolute Gasteiger partial charge is 0.136 e. The zero-order chi connectivity index (χ0) is 18.6. The molecule has 2 aromatic rings. The highest BCUT2D eigenvalue weighted by atomic mass is 35.5. The third-order valence-corrected chi connectivity index (χ3v) is 3.92. The summed E-state index contributed by atoms with van der Waals surface area (Å²) in [6, 6.07) is 6.83. The molecule has 0 aliphatic rings. The molecule has 7 heteroatoms. The Kier molecular flexibility index (Phi) is 6.63. The first kappa shape index (κ1) is 19.9. The largest absolute Gasteiger partial charge is 0.387 e. The number of nitrogens with zero attached hydrogens (tertiary/aromatic N) is 2. The maximum atomic E-state index is 10.4. The van der Waals surface area contributed by atoms with Crippen LogP contribution in [-0.4, -0.2) is 28.7 Å². The average molecular weight is 384 g/mol. The summed E-state index contributed by atoms with van der Waals surface area (Å²) >= 11 is 12.0. The van der Waals surface area contributed by atoms with Crippen molar-refractivity contribution in [1.82, 2.24) is 9.97 Å². The quantitative estimate of drug-likeness (QED) is 0.774. The number of hydrogen-bond acceptors (Lipinski definition) is 5. The van der Waals surface area contributed by atoms with Crippen LogP contribution in [0, 0.1) is 0 Å². The van der Waals surface area contributed by atoms with Crippen molar-refractivity contribution >= 4 is 29.0 Å². The molecular weight excluding hydrogens is 361 g/mol. The standard InChI is InChI=1S/C18H23Cl2N3O2/c1-18(2,3)17-22-14(10-25-4)8-16(23-17)21-9-15(24)11-5-12(19)7-13(20)6-11/h5-8,15,24H,9-10H2,1-4H3,(H,21,22,23). The molecule has 0 bridgehead atoms. The van der Waals surface area contributed by atoms with Crippen molar-refractivity contribution in [1.29, 1.82) is 0 Å². The number of nitrogens with one attached hydrogen (secondary N) is 1. The summed E-state index contributed by atoms with van der Waals surface area (Å²) in [7, 11) is 1.62. The topological polar surface area (TPSA) is 67.3 Å². The Bertz CT molecular complexity index is 712. The summed E-state index contributed by atoms with van der Waals surface area (Å²) in [4.78, 5) is 9.08. The van der Waals surface area contributed by atoms with Gasteiger partial charge in [-0.3, -0.25) is 0 Å². The van der Waals surface area contributed by atoms with E-state index < -0.39 is 6.10 Å². The number of ether oxygens (including phenoxy) is 1. The van der Waals surface area contributed by atoms with Gasteiger partial charge < -0.3 is 15.2 Å². The van der Waals surface area contributed by atoms with Crippen LogP contribution in [0.4, 0.5) is 5.82 Å². The zero-order valence-corrected chi connectivity index (χ0v) is 16.3. The van der Waals surface area contributed by atoms with Gasteiger partial charge in [0.25, 0.3) is 0 Å². The molecule has 5 nitrogen and oxygen atoms in total. The molecule has 1 aromatic carbocycles. The van der Waals surface area contributed by atoms with E-state index in [1.165, 1.54) is 0 Å². The number of aliphatic hydroxyl groups excluding tert-OH is 1. The van der Waals surface area contributed by atoms with E-state index >= 15 is 0 Å². The highest BCUT2D eigenvalue weighted by Crippen LogP contribution is 2.25. The molecule has 136 valence electrons. The van der Waals surface area contributed by atoms with Gasteiger partial charge in [0.05, 0.1) is 18.4 Å². The van der Waals surface area contributed by atoms with E-state index in [-0.39, 0.29) is 12.0 Å². The molecule has 0 radical (unpaired) electrons. The predicted molar refractivity (Wildman–Crippen MR) is 101 cm³/mol. The highest BCUT2D eigenvalue weighted by Gasteiger charge is 2.19. The second-order valence-corrected chi connectivity index (χ2v) is 7.72. The second-order valence-electron chi connectivity index (χ2n) is 6.85. The molecule has 1 aromatic heterocycles. The van der Waals surface area contributed by atoms with Crippen molar-refractivity contribution in [2.75, 3.05) is 19.0 Å². The van der Waals surface area contributed by atoms with E-state index in [2.05, 4.69) is 15.3 Å². The Morgan fingerprint density at radius 2 is 1.76 bits per heavy atom. The van der Waals surface area contributed by atoms with Crippen LogP contribution in [0.3, 0.4) is 0 Å². The van der Waals surface area contributed by atoms with Gasteiger partial charge in [0.15, 0.2) is 0 Å². The Morgan fingerprint density at radius 3 is 2.32 bits per heavy atom. The van der Waals surface area contributed by atoms with Crippen molar-refractivity contribution in [2.45, 2.75) is 38.9 Å². The fourth-order valence-corrected chi connectivity index (χ4v) is 2.77. The van der Waals surface area contributed by atoms with E-state index in [0.717, 1.165) is 5.69 Å². The molecule has 2 N–H and O–H groups in total. The molecule has 0 saturated heterocycles. The van der Waals surface area contributed by atoms with Crippen molar-refractivity contribution in [3.05, 3.63) is 51.4 Å². The Morgan fingerprint density at radius 1 is 1.12 bits per heavy atom. The monoisotopic (exact) mass is 383 g/mol. The van der Waals surface area contributed by atoms with Gasteiger partial charge in [0.1, 0.15) is 11.6 Å². The van der Waals surface area contributed by atoms with E-state index in [1.807, 2.05) is 26.8 Å². The number of benzene rings is 1. The van der Waals surface area contributed by atoms with E-state index in [9.17, 15) is 5.11 Å². The average Bonchev–Trinajstić information content (AvgIpc) is 2.51. The minimum Gasteiger partial charge on any atom is -0.387 e. The number of aliphatic hydroxyl groups is 1. The molecular formula is C18H23Cl2N3O2. The summed E-state index contributed by atoms with van der Waals surface area (Å²) in [5, 5.41) is 14.5. The van der Waals surface area contributed by atoms with Crippen molar-refractivity contribution < 1.29 is 9.84 Å². The lowest BCUT2D eigenvalue weighted by atomic mass is 9.95. The van der Waals surface area contributed by atoms with Gasteiger partial charge in [-0.15, -0.1) is 0 Å². The molecule has 0 aliphatic carbocycles. The van der Waals surface area contributed by atoms with Crippen molar-refractivity contribution in [3.8, 4) is 0 Å². The number of hydrogen-bond donors (Lipinski definition) is 2. The first-order chi connectivity index (χ1) is 11.7. The number of methoxy groups -OCH3 is 1. The van der Waals surface area contributed by atoms with E-state index in [1.54, 1.807) is 25.3 Å². The number of aromatic nitrogens is 2. The van der Waals surface area contributed by atoms with Gasteiger partial charge in [-0.25, -0.2) is 9.97 Å². The summed E-state index contributed by atoms with van der Waals surface area (Å²) in [6.45, 7) is 6.80. The minimum absolute atomic E-state index is 0.195. The fraction of sp³-hybridized carbons (Fsp3) is 0.444. The lowest BCUT2D eigenvalue weighted by Crippen LogP contribution is -2.20. The molecule has 1 atom stereocenters.